The topological polar surface area (TPSA) is 91.1 Å². The Morgan fingerprint density at radius 1 is 1.07 bits per heavy atom. The average Bonchev–Trinajstić information content (AvgIpc) is 2.69. The van der Waals surface area contributed by atoms with E-state index in [0.29, 0.717) is 12.1 Å². The number of carbonyl (C=O) groups excluding carboxylic acids is 1. The zero-order chi connectivity index (χ0) is 19.1. The molecule has 1 fully saturated rings. The zero-order valence-electron chi connectivity index (χ0n) is 14.8. The van der Waals surface area contributed by atoms with E-state index in [4.69, 9.17) is 0 Å². The summed E-state index contributed by atoms with van der Waals surface area (Å²) >= 11 is 0. The third-order valence-electron chi connectivity index (χ3n) is 4.37. The van der Waals surface area contributed by atoms with E-state index < -0.39 is 4.92 Å². The third-order valence-corrected chi connectivity index (χ3v) is 4.37. The lowest BCUT2D eigenvalue weighted by atomic mass is 10.2. The van der Waals surface area contributed by atoms with Crippen LogP contribution in [0.5, 0.6) is 0 Å². The van der Waals surface area contributed by atoms with E-state index >= 15 is 0 Å². The van der Waals surface area contributed by atoms with Crippen molar-refractivity contribution in [2.75, 3.05) is 37.6 Å². The minimum atomic E-state index is -0.458. The number of benzene rings is 2. The van der Waals surface area contributed by atoms with Gasteiger partial charge in [-0.15, -0.1) is 0 Å². The van der Waals surface area contributed by atoms with Crippen molar-refractivity contribution in [1.82, 2.24) is 10.3 Å². The third kappa shape index (κ3) is 5.35. The number of hydrogen-bond acceptors (Lipinski definition) is 6. The van der Waals surface area contributed by atoms with Crippen LogP contribution in [0.3, 0.4) is 0 Å². The molecule has 8 heteroatoms. The molecule has 1 N–H and O–H groups in total. The van der Waals surface area contributed by atoms with Crippen molar-refractivity contribution in [1.29, 1.82) is 0 Å². The molecule has 1 heterocycles. The molecule has 0 unspecified atom stereocenters. The highest BCUT2D eigenvalue weighted by Crippen LogP contribution is 2.15. The fourth-order valence-electron chi connectivity index (χ4n) is 2.90. The second kappa shape index (κ2) is 8.91. The molecule has 0 saturated carbocycles. The van der Waals surface area contributed by atoms with E-state index in [9.17, 15) is 14.9 Å². The molecule has 140 valence electrons. The number of para-hydroxylation sites is 1. The minimum absolute atomic E-state index is 0.0193. The summed E-state index contributed by atoms with van der Waals surface area (Å²) in [5, 5.41) is 14.5. The van der Waals surface area contributed by atoms with Gasteiger partial charge in [0.15, 0.2) is 0 Å². The van der Waals surface area contributed by atoms with Crippen LogP contribution < -0.4 is 10.3 Å². The number of non-ortho nitro benzene ring substituents is 1. The zero-order valence-corrected chi connectivity index (χ0v) is 14.8. The predicted molar refractivity (Wildman–Crippen MR) is 104 cm³/mol. The molecule has 1 amide bonds. The van der Waals surface area contributed by atoms with Gasteiger partial charge in [0.2, 0.25) is 0 Å². The van der Waals surface area contributed by atoms with Gasteiger partial charge in [0.25, 0.3) is 11.6 Å². The fourth-order valence-corrected chi connectivity index (χ4v) is 2.90. The Bertz CT molecular complexity index is 800. The van der Waals surface area contributed by atoms with Gasteiger partial charge in [0.05, 0.1) is 17.7 Å². The van der Waals surface area contributed by atoms with Crippen LogP contribution in [-0.2, 0) is 4.79 Å². The van der Waals surface area contributed by atoms with E-state index in [0.717, 1.165) is 26.2 Å². The van der Waals surface area contributed by atoms with Crippen LogP contribution in [0.2, 0.25) is 0 Å². The van der Waals surface area contributed by atoms with Crippen molar-refractivity contribution >= 4 is 23.5 Å². The quantitative estimate of drug-likeness (QED) is 0.478. The average molecular weight is 367 g/mol. The summed E-state index contributed by atoms with van der Waals surface area (Å²) < 4.78 is 0. The number of nitro benzene ring substituents is 1. The van der Waals surface area contributed by atoms with E-state index in [1.807, 2.05) is 18.2 Å². The number of anilines is 1. The van der Waals surface area contributed by atoms with Crippen LogP contribution in [0.1, 0.15) is 5.56 Å². The lowest BCUT2D eigenvalue weighted by Gasteiger charge is -2.35. The standard InChI is InChI=1S/C19H21N5O3/c25-19(21-20-14-16-6-8-18(9-7-16)24(26)27)15-22-10-12-23(13-11-22)17-4-2-1-3-5-17/h1-9,14H,10-13,15H2,(H,21,25)/b20-14+. The number of nitro groups is 1. The molecule has 2 aromatic carbocycles. The monoisotopic (exact) mass is 367 g/mol. The molecular formula is C19H21N5O3. The summed E-state index contributed by atoms with van der Waals surface area (Å²) in [5.41, 5.74) is 4.40. The van der Waals surface area contributed by atoms with Gasteiger partial charge in [-0.1, -0.05) is 18.2 Å². The lowest BCUT2D eigenvalue weighted by Crippen LogP contribution is -2.49. The molecule has 2 aromatic rings. The van der Waals surface area contributed by atoms with Gasteiger partial charge in [-0.2, -0.15) is 5.10 Å². The number of carbonyl (C=O) groups is 1. The number of piperazine rings is 1. The number of rotatable bonds is 6. The Morgan fingerprint density at radius 3 is 2.37 bits per heavy atom. The van der Waals surface area contributed by atoms with Gasteiger partial charge in [0, 0.05) is 44.0 Å². The molecule has 1 aliphatic rings. The summed E-state index contributed by atoms with van der Waals surface area (Å²) in [6.45, 7) is 3.68. The molecule has 3 rings (SSSR count). The molecule has 0 radical (unpaired) electrons. The first-order valence-electron chi connectivity index (χ1n) is 8.70. The molecule has 0 bridgehead atoms. The van der Waals surface area contributed by atoms with Crippen molar-refractivity contribution in [3.63, 3.8) is 0 Å². The van der Waals surface area contributed by atoms with Gasteiger partial charge >= 0.3 is 0 Å². The molecular weight excluding hydrogens is 346 g/mol. The van der Waals surface area contributed by atoms with Gasteiger partial charge in [-0.05, 0) is 29.8 Å². The second-order valence-corrected chi connectivity index (χ2v) is 6.24. The Labute approximate surface area is 157 Å². The largest absolute Gasteiger partial charge is 0.369 e. The maximum Gasteiger partial charge on any atom is 0.269 e. The van der Waals surface area contributed by atoms with E-state index in [-0.39, 0.29) is 11.6 Å². The van der Waals surface area contributed by atoms with Crippen LogP contribution in [0.4, 0.5) is 11.4 Å². The van der Waals surface area contributed by atoms with Crippen LogP contribution in [0.25, 0.3) is 0 Å². The van der Waals surface area contributed by atoms with E-state index in [2.05, 4.69) is 32.5 Å². The molecule has 27 heavy (non-hydrogen) atoms. The molecule has 0 atom stereocenters. The van der Waals surface area contributed by atoms with Crippen LogP contribution in [0, 0.1) is 10.1 Å². The molecule has 0 aliphatic carbocycles. The summed E-state index contributed by atoms with van der Waals surface area (Å²) in [6, 6.07) is 16.2. The second-order valence-electron chi connectivity index (χ2n) is 6.24. The van der Waals surface area contributed by atoms with Gasteiger partial charge in [-0.3, -0.25) is 19.8 Å². The number of hydrogen-bond donors (Lipinski definition) is 1. The van der Waals surface area contributed by atoms with E-state index in [1.165, 1.54) is 24.0 Å². The molecule has 1 saturated heterocycles. The minimum Gasteiger partial charge on any atom is -0.369 e. The number of nitrogens with zero attached hydrogens (tertiary/aromatic N) is 4. The lowest BCUT2D eigenvalue weighted by molar-refractivity contribution is -0.384. The SMILES string of the molecule is O=C(CN1CCN(c2ccccc2)CC1)N/N=C/c1ccc([N+](=O)[O-])cc1. The van der Waals surface area contributed by atoms with Crippen molar-refractivity contribution in [3.8, 4) is 0 Å². The maximum atomic E-state index is 12.0. The number of nitrogens with one attached hydrogen (secondary N) is 1. The van der Waals surface area contributed by atoms with Crippen LogP contribution in [0.15, 0.2) is 59.7 Å². The summed E-state index contributed by atoms with van der Waals surface area (Å²) in [6.07, 6.45) is 1.47. The summed E-state index contributed by atoms with van der Waals surface area (Å²) in [4.78, 5) is 26.6. The molecule has 8 nitrogen and oxygen atoms in total. The summed E-state index contributed by atoms with van der Waals surface area (Å²) in [5.74, 6) is -0.179. The molecule has 1 aliphatic heterocycles. The van der Waals surface area contributed by atoms with Crippen LogP contribution in [-0.4, -0.2) is 54.7 Å². The highest BCUT2D eigenvalue weighted by atomic mass is 16.6. The Morgan fingerprint density at radius 2 is 1.74 bits per heavy atom. The molecule has 0 spiro atoms. The van der Waals surface area contributed by atoms with Gasteiger partial charge < -0.3 is 4.90 Å². The van der Waals surface area contributed by atoms with Gasteiger partial charge in [-0.25, -0.2) is 5.43 Å². The number of amides is 1. The summed E-state index contributed by atoms with van der Waals surface area (Å²) in [7, 11) is 0. The fraction of sp³-hybridized carbons (Fsp3) is 0.263. The first-order valence-corrected chi connectivity index (χ1v) is 8.70. The molecule has 0 aromatic heterocycles. The normalized spacial score (nSPS) is 15.0. The first kappa shape index (κ1) is 18.5. The Kier molecular flexibility index (Phi) is 6.11. The number of hydrazone groups is 1. The van der Waals surface area contributed by atoms with Gasteiger partial charge in [0.1, 0.15) is 0 Å². The predicted octanol–water partition coefficient (Wildman–Crippen LogP) is 1.87. The first-order chi connectivity index (χ1) is 13.1. The van der Waals surface area contributed by atoms with Crippen molar-refractivity contribution < 1.29 is 9.72 Å². The smallest absolute Gasteiger partial charge is 0.269 e. The highest BCUT2D eigenvalue weighted by molar-refractivity contribution is 5.83. The van der Waals surface area contributed by atoms with Crippen molar-refractivity contribution in [3.05, 3.63) is 70.3 Å². The Hall–Kier alpha value is -3.26. The maximum absolute atomic E-state index is 12.0. The van der Waals surface area contributed by atoms with E-state index in [1.54, 1.807) is 12.1 Å². The van der Waals surface area contributed by atoms with Crippen molar-refractivity contribution in [2.45, 2.75) is 0 Å². The van der Waals surface area contributed by atoms with Crippen LogP contribution >= 0.6 is 0 Å². The van der Waals surface area contributed by atoms with Crippen molar-refractivity contribution in [2.24, 2.45) is 5.10 Å². The highest BCUT2D eigenvalue weighted by Gasteiger charge is 2.18. The Balaban J connectivity index is 1.41.